The summed E-state index contributed by atoms with van der Waals surface area (Å²) in [6.07, 6.45) is 3.35. The van der Waals surface area contributed by atoms with Gasteiger partial charge in [-0.05, 0) is 38.0 Å². The maximum Gasteiger partial charge on any atom is 0.0874 e. The van der Waals surface area contributed by atoms with Gasteiger partial charge in [0.25, 0.3) is 0 Å². The average Bonchev–Trinajstić information content (AvgIpc) is 2.54. The fraction of sp³-hybridized carbons (Fsp3) is 1.00. The zero-order valence-electron chi connectivity index (χ0n) is 8.57. The van der Waals surface area contributed by atoms with Crippen molar-refractivity contribution < 1.29 is 9.47 Å². The molecule has 7 atom stereocenters. The molecule has 3 aliphatic rings. The van der Waals surface area contributed by atoms with E-state index in [0.29, 0.717) is 24.4 Å². The van der Waals surface area contributed by atoms with Gasteiger partial charge < -0.3 is 9.47 Å². The smallest absolute Gasteiger partial charge is 0.0874 e. The minimum absolute atomic E-state index is 0.475. The summed E-state index contributed by atoms with van der Waals surface area (Å²) in [6, 6.07) is 0. The third kappa shape index (κ3) is 1.02. The van der Waals surface area contributed by atoms with Crippen molar-refractivity contribution in [2.24, 2.45) is 17.8 Å². The topological polar surface area (TPSA) is 21.8 Å². The Morgan fingerprint density at radius 1 is 1.00 bits per heavy atom. The summed E-state index contributed by atoms with van der Waals surface area (Å²) in [5.74, 6) is 2.27. The molecule has 3 fully saturated rings. The Morgan fingerprint density at radius 3 is 2.23 bits per heavy atom. The first-order valence-corrected chi connectivity index (χ1v) is 5.49. The highest BCUT2D eigenvalue weighted by molar-refractivity contribution is 5.05. The van der Waals surface area contributed by atoms with Crippen LogP contribution in [0.4, 0.5) is 0 Å². The number of ether oxygens (including phenoxy) is 2. The third-order valence-corrected chi connectivity index (χ3v) is 4.32. The number of rotatable bonds is 1. The lowest BCUT2D eigenvalue weighted by molar-refractivity contribution is -0.0483. The molecule has 13 heavy (non-hydrogen) atoms. The van der Waals surface area contributed by atoms with Gasteiger partial charge in [0.15, 0.2) is 0 Å². The lowest BCUT2D eigenvalue weighted by Gasteiger charge is -2.31. The van der Waals surface area contributed by atoms with Crippen molar-refractivity contribution in [3.05, 3.63) is 0 Å². The number of hydrogen-bond acceptors (Lipinski definition) is 2. The second-order valence-electron chi connectivity index (χ2n) is 5.02. The molecule has 7 unspecified atom stereocenters. The Labute approximate surface area is 79.6 Å². The van der Waals surface area contributed by atoms with Crippen molar-refractivity contribution >= 4 is 0 Å². The van der Waals surface area contributed by atoms with E-state index in [-0.39, 0.29) is 0 Å². The molecular weight excluding hydrogens is 164 g/mol. The van der Waals surface area contributed by atoms with Crippen molar-refractivity contribution in [1.29, 1.82) is 0 Å². The Morgan fingerprint density at radius 2 is 1.69 bits per heavy atom. The van der Waals surface area contributed by atoms with Crippen LogP contribution in [0.5, 0.6) is 0 Å². The molecule has 2 nitrogen and oxygen atoms in total. The third-order valence-electron chi connectivity index (χ3n) is 4.32. The molecule has 1 saturated carbocycles. The van der Waals surface area contributed by atoms with E-state index in [2.05, 4.69) is 20.8 Å². The highest BCUT2D eigenvalue weighted by atomic mass is 16.6. The molecule has 2 heteroatoms. The molecule has 2 aliphatic heterocycles. The van der Waals surface area contributed by atoms with Crippen molar-refractivity contribution in [2.75, 3.05) is 0 Å². The van der Waals surface area contributed by atoms with Gasteiger partial charge in [-0.25, -0.2) is 0 Å². The minimum atomic E-state index is 0.475. The second-order valence-corrected chi connectivity index (χ2v) is 5.02. The van der Waals surface area contributed by atoms with E-state index in [9.17, 15) is 0 Å². The summed E-state index contributed by atoms with van der Waals surface area (Å²) >= 11 is 0. The second kappa shape index (κ2) is 2.48. The largest absolute Gasteiger partial charge is 0.375 e. The van der Waals surface area contributed by atoms with Gasteiger partial charge >= 0.3 is 0 Å². The Kier molecular flexibility index (Phi) is 1.58. The van der Waals surface area contributed by atoms with Gasteiger partial charge in [0.2, 0.25) is 0 Å². The Balaban J connectivity index is 1.80. The average molecular weight is 182 g/mol. The van der Waals surface area contributed by atoms with Crippen molar-refractivity contribution in [3.63, 3.8) is 0 Å². The normalized spacial score (nSPS) is 64.4. The van der Waals surface area contributed by atoms with Crippen LogP contribution in [0.3, 0.4) is 0 Å². The van der Waals surface area contributed by atoms with E-state index in [1.165, 1.54) is 6.42 Å². The molecule has 0 aromatic carbocycles. The summed E-state index contributed by atoms with van der Waals surface area (Å²) in [5, 5.41) is 0. The zero-order chi connectivity index (χ0) is 9.16. The van der Waals surface area contributed by atoms with Crippen LogP contribution in [0.15, 0.2) is 0 Å². The number of fused-ring (bicyclic) bond motifs is 2. The molecular formula is C11H18O2. The first-order valence-electron chi connectivity index (χ1n) is 5.49. The van der Waals surface area contributed by atoms with E-state index in [0.717, 1.165) is 17.8 Å². The molecule has 2 saturated heterocycles. The predicted molar refractivity (Wildman–Crippen MR) is 49.4 cm³/mol. The maximum atomic E-state index is 5.86. The highest BCUT2D eigenvalue weighted by Crippen LogP contribution is 2.53. The molecule has 2 heterocycles. The summed E-state index contributed by atoms with van der Waals surface area (Å²) in [7, 11) is 0. The summed E-state index contributed by atoms with van der Waals surface area (Å²) < 4.78 is 11.5. The van der Waals surface area contributed by atoms with Gasteiger partial charge in [0.05, 0.1) is 24.4 Å². The maximum absolute atomic E-state index is 5.86. The van der Waals surface area contributed by atoms with Crippen LogP contribution < -0.4 is 0 Å². The summed E-state index contributed by atoms with van der Waals surface area (Å²) in [4.78, 5) is 0. The van der Waals surface area contributed by atoms with Crippen LogP contribution in [0.1, 0.15) is 27.2 Å². The van der Waals surface area contributed by atoms with Crippen LogP contribution in [0.25, 0.3) is 0 Å². The van der Waals surface area contributed by atoms with Crippen LogP contribution in [0, 0.1) is 17.8 Å². The molecule has 2 bridgehead atoms. The standard InChI is InChI=1S/C11H18O2/c1-5-9-4-8(6(2)12-9)10(5)11-7(3)13-11/h5-11H,4H2,1-3H3. The minimum Gasteiger partial charge on any atom is -0.375 e. The molecule has 0 aromatic heterocycles. The van der Waals surface area contributed by atoms with Crippen molar-refractivity contribution in [1.82, 2.24) is 0 Å². The van der Waals surface area contributed by atoms with Crippen LogP contribution in [-0.2, 0) is 9.47 Å². The fourth-order valence-electron chi connectivity index (χ4n) is 3.49. The molecule has 3 rings (SSSR count). The molecule has 74 valence electrons. The monoisotopic (exact) mass is 182 g/mol. The quantitative estimate of drug-likeness (QED) is 0.577. The Hall–Kier alpha value is -0.0800. The van der Waals surface area contributed by atoms with E-state index in [1.807, 2.05) is 0 Å². The van der Waals surface area contributed by atoms with Crippen LogP contribution >= 0.6 is 0 Å². The molecule has 0 aromatic rings. The van der Waals surface area contributed by atoms with Gasteiger partial charge in [0.1, 0.15) is 0 Å². The molecule has 0 spiro atoms. The predicted octanol–water partition coefficient (Wildman–Crippen LogP) is 1.83. The van der Waals surface area contributed by atoms with Gasteiger partial charge in [-0.1, -0.05) is 6.92 Å². The van der Waals surface area contributed by atoms with E-state index >= 15 is 0 Å². The lowest BCUT2D eigenvalue weighted by atomic mass is 9.82. The SMILES string of the molecule is CC1OC2CC1C(C1OC1C)C2C. The first-order chi connectivity index (χ1) is 6.18. The molecule has 1 aliphatic carbocycles. The number of epoxide rings is 1. The summed E-state index contributed by atoms with van der Waals surface area (Å²) in [5.41, 5.74) is 0. The lowest BCUT2D eigenvalue weighted by Crippen LogP contribution is -2.35. The van der Waals surface area contributed by atoms with Gasteiger partial charge in [0, 0.05) is 0 Å². The van der Waals surface area contributed by atoms with Crippen LogP contribution in [0.2, 0.25) is 0 Å². The molecule has 0 N–H and O–H groups in total. The van der Waals surface area contributed by atoms with Crippen molar-refractivity contribution in [3.8, 4) is 0 Å². The van der Waals surface area contributed by atoms with E-state index < -0.39 is 0 Å². The van der Waals surface area contributed by atoms with Crippen molar-refractivity contribution in [2.45, 2.75) is 51.6 Å². The molecule has 0 amide bonds. The fourth-order valence-corrected chi connectivity index (χ4v) is 3.49. The first kappa shape index (κ1) is 8.25. The van der Waals surface area contributed by atoms with Gasteiger partial charge in [-0.15, -0.1) is 0 Å². The van der Waals surface area contributed by atoms with Crippen LogP contribution in [-0.4, -0.2) is 24.4 Å². The van der Waals surface area contributed by atoms with E-state index in [1.54, 1.807) is 0 Å². The van der Waals surface area contributed by atoms with E-state index in [4.69, 9.17) is 9.47 Å². The highest BCUT2D eigenvalue weighted by Gasteiger charge is 2.58. The number of hydrogen-bond donors (Lipinski definition) is 0. The zero-order valence-corrected chi connectivity index (χ0v) is 8.57. The van der Waals surface area contributed by atoms with Gasteiger partial charge in [-0.3, -0.25) is 0 Å². The Bertz CT molecular complexity index is 228. The summed E-state index contributed by atoms with van der Waals surface area (Å²) in [6.45, 7) is 6.74. The molecule has 0 radical (unpaired) electrons. The van der Waals surface area contributed by atoms with Gasteiger partial charge in [-0.2, -0.15) is 0 Å².